The van der Waals surface area contributed by atoms with Crippen LogP contribution in [0.3, 0.4) is 0 Å². The van der Waals surface area contributed by atoms with Gasteiger partial charge in [0.2, 0.25) is 5.91 Å². The third-order valence-corrected chi connectivity index (χ3v) is 6.14. The molecule has 2 aromatic rings. The summed E-state index contributed by atoms with van der Waals surface area (Å²) in [6, 6.07) is 6.33. The van der Waals surface area contributed by atoms with Crippen molar-refractivity contribution in [2.24, 2.45) is 0 Å². The number of amides is 1. The number of ketones is 2. The van der Waals surface area contributed by atoms with E-state index in [0.29, 0.717) is 24.0 Å². The first kappa shape index (κ1) is 21.6. The number of hydrogen-bond donors (Lipinski definition) is 3. The molecule has 8 nitrogen and oxygen atoms in total. The van der Waals surface area contributed by atoms with E-state index in [-0.39, 0.29) is 59.1 Å². The van der Waals surface area contributed by atoms with E-state index in [4.69, 9.17) is 9.78 Å². The van der Waals surface area contributed by atoms with Gasteiger partial charge >= 0.3 is 0 Å². The SMILES string of the molecule is C=COOCCC1(NC(C)=O)CCc2c(O)c3c(c(O)c2C1)C(=O)c1ccccc1C3=O. The van der Waals surface area contributed by atoms with Crippen LogP contribution in [0.5, 0.6) is 11.5 Å². The van der Waals surface area contributed by atoms with Gasteiger partial charge in [0.1, 0.15) is 17.8 Å². The highest BCUT2D eigenvalue weighted by atomic mass is 17.2. The van der Waals surface area contributed by atoms with Gasteiger partial charge in [-0.05, 0) is 25.7 Å². The van der Waals surface area contributed by atoms with E-state index in [9.17, 15) is 24.6 Å². The summed E-state index contributed by atoms with van der Waals surface area (Å²) in [5, 5.41) is 25.0. The van der Waals surface area contributed by atoms with Crippen LogP contribution in [-0.2, 0) is 27.4 Å². The normalized spacial score (nSPS) is 18.9. The van der Waals surface area contributed by atoms with Gasteiger partial charge in [0.25, 0.3) is 0 Å². The Kier molecular flexibility index (Phi) is 5.48. The fourth-order valence-corrected chi connectivity index (χ4v) is 4.76. The van der Waals surface area contributed by atoms with Crippen molar-refractivity contribution in [3.05, 3.63) is 70.5 Å². The van der Waals surface area contributed by atoms with Crippen molar-refractivity contribution >= 4 is 17.5 Å². The van der Waals surface area contributed by atoms with Gasteiger partial charge in [-0.25, -0.2) is 0 Å². The number of nitrogens with one attached hydrogen (secondary N) is 1. The minimum absolute atomic E-state index is 0.143. The van der Waals surface area contributed by atoms with Crippen LogP contribution in [0.4, 0.5) is 0 Å². The first-order valence-electron chi connectivity index (χ1n) is 10.3. The molecule has 0 saturated heterocycles. The summed E-state index contributed by atoms with van der Waals surface area (Å²) in [6.45, 7) is 4.93. The van der Waals surface area contributed by atoms with Gasteiger partial charge in [0.05, 0.1) is 17.7 Å². The second-order valence-electron chi connectivity index (χ2n) is 8.08. The van der Waals surface area contributed by atoms with Crippen molar-refractivity contribution in [1.29, 1.82) is 0 Å². The molecular weight excluding hydrogens is 414 g/mol. The molecule has 2 aliphatic rings. The highest BCUT2D eigenvalue weighted by Gasteiger charge is 2.43. The monoisotopic (exact) mass is 437 g/mol. The Morgan fingerprint density at radius 3 is 2.28 bits per heavy atom. The van der Waals surface area contributed by atoms with Crippen LogP contribution >= 0.6 is 0 Å². The number of carbonyl (C=O) groups excluding carboxylic acids is 3. The lowest BCUT2D eigenvalue weighted by Gasteiger charge is -2.40. The maximum atomic E-state index is 13.2. The lowest BCUT2D eigenvalue weighted by molar-refractivity contribution is -0.251. The van der Waals surface area contributed by atoms with Gasteiger partial charge in [-0.3, -0.25) is 14.4 Å². The zero-order valence-electron chi connectivity index (χ0n) is 17.6. The van der Waals surface area contributed by atoms with Crippen molar-refractivity contribution in [2.75, 3.05) is 6.61 Å². The number of hydrogen-bond acceptors (Lipinski definition) is 7. The number of benzene rings is 2. The van der Waals surface area contributed by atoms with Crippen molar-refractivity contribution in [3.8, 4) is 11.5 Å². The second-order valence-corrected chi connectivity index (χ2v) is 8.08. The number of phenolic OH excluding ortho intramolecular Hbond substituents is 2. The fraction of sp³-hybridized carbons (Fsp3) is 0.292. The van der Waals surface area contributed by atoms with Gasteiger partial charge in [0.15, 0.2) is 11.6 Å². The van der Waals surface area contributed by atoms with E-state index in [2.05, 4.69) is 11.9 Å². The van der Waals surface area contributed by atoms with Crippen molar-refractivity contribution in [1.82, 2.24) is 5.32 Å². The van der Waals surface area contributed by atoms with Crippen molar-refractivity contribution in [2.45, 2.75) is 38.1 Å². The van der Waals surface area contributed by atoms with Gasteiger partial charge in [-0.15, -0.1) is 0 Å². The smallest absolute Gasteiger partial charge is 0.217 e. The molecule has 0 aromatic heterocycles. The number of aromatic hydroxyl groups is 2. The zero-order chi connectivity index (χ0) is 23.0. The molecule has 0 aliphatic heterocycles. The molecule has 2 aliphatic carbocycles. The van der Waals surface area contributed by atoms with Crippen molar-refractivity contribution in [3.63, 3.8) is 0 Å². The Balaban J connectivity index is 1.80. The quantitative estimate of drug-likeness (QED) is 0.178. The third kappa shape index (κ3) is 3.42. The fourth-order valence-electron chi connectivity index (χ4n) is 4.76. The van der Waals surface area contributed by atoms with Crippen LogP contribution in [0.25, 0.3) is 0 Å². The summed E-state index contributed by atoms with van der Waals surface area (Å²) in [4.78, 5) is 47.9. The predicted molar refractivity (Wildman–Crippen MR) is 114 cm³/mol. The molecule has 2 aromatic carbocycles. The number of phenols is 2. The van der Waals surface area contributed by atoms with E-state index < -0.39 is 17.1 Å². The minimum atomic E-state index is -0.791. The Morgan fingerprint density at radius 2 is 1.72 bits per heavy atom. The molecule has 3 N–H and O–H groups in total. The molecule has 8 heteroatoms. The van der Waals surface area contributed by atoms with E-state index in [1.807, 2.05) is 0 Å². The summed E-state index contributed by atoms with van der Waals surface area (Å²) < 4.78 is 0. The van der Waals surface area contributed by atoms with E-state index in [1.54, 1.807) is 12.1 Å². The molecule has 1 amide bonds. The van der Waals surface area contributed by atoms with E-state index in [1.165, 1.54) is 19.1 Å². The molecule has 0 saturated carbocycles. The van der Waals surface area contributed by atoms with Crippen LogP contribution in [0, 0.1) is 0 Å². The minimum Gasteiger partial charge on any atom is -0.507 e. The van der Waals surface area contributed by atoms with Crippen LogP contribution < -0.4 is 5.32 Å². The average Bonchev–Trinajstić information content (AvgIpc) is 2.77. The molecule has 4 rings (SSSR count). The van der Waals surface area contributed by atoms with Gasteiger partial charge in [0, 0.05) is 34.7 Å². The predicted octanol–water partition coefficient (Wildman–Crippen LogP) is 2.72. The van der Waals surface area contributed by atoms with Crippen LogP contribution in [-0.4, -0.2) is 39.8 Å². The molecule has 1 unspecified atom stereocenters. The Hall–Kier alpha value is -3.65. The molecule has 0 fully saturated rings. The molecule has 0 radical (unpaired) electrons. The number of fused-ring (bicyclic) bond motifs is 3. The van der Waals surface area contributed by atoms with Gasteiger partial charge < -0.3 is 20.4 Å². The summed E-state index contributed by atoms with van der Waals surface area (Å²) in [7, 11) is 0. The Morgan fingerprint density at radius 1 is 1.12 bits per heavy atom. The van der Waals surface area contributed by atoms with E-state index >= 15 is 0 Å². The first-order chi connectivity index (χ1) is 15.3. The zero-order valence-corrected chi connectivity index (χ0v) is 17.6. The van der Waals surface area contributed by atoms with Crippen LogP contribution in [0.15, 0.2) is 37.1 Å². The van der Waals surface area contributed by atoms with E-state index in [0.717, 1.165) is 6.26 Å². The van der Waals surface area contributed by atoms with Crippen LogP contribution in [0.1, 0.15) is 62.7 Å². The maximum absolute atomic E-state index is 13.2. The largest absolute Gasteiger partial charge is 0.507 e. The highest BCUT2D eigenvalue weighted by Crippen LogP contribution is 2.47. The molecule has 166 valence electrons. The highest BCUT2D eigenvalue weighted by molar-refractivity contribution is 6.30. The number of carbonyl (C=O) groups is 3. The van der Waals surface area contributed by atoms with Crippen molar-refractivity contribution < 1.29 is 34.4 Å². The Labute approximate surface area is 184 Å². The molecule has 32 heavy (non-hydrogen) atoms. The summed E-state index contributed by atoms with van der Waals surface area (Å²) in [5.74, 6) is -1.91. The van der Waals surface area contributed by atoms with Gasteiger partial charge in [-0.2, -0.15) is 4.89 Å². The molecule has 1 atom stereocenters. The number of rotatable bonds is 6. The Bertz CT molecular complexity index is 1150. The first-order valence-corrected chi connectivity index (χ1v) is 10.3. The molecule has 0 spiro atoms. The summed E-state index contributed by atoms with van der Waals surface area (Å²) in [5.41, 5.74) is -0.0332. The lowest BCUT2D eigenvalue weighted by Crippen LogP contribution is -2.52. The van der Waals surface area contributed by atoms with Crippen LogP contribution in [0.2, 0.25) is 0 Å². The summed E-state index contributed by atoms with van der Waals surface area (Å²) in [6.07, 6.45) is 2.36. The topological polar surface area (TPSA) is 122 Å². The summed E-state index contributed by atoms with van der Waals surface area (Å²) >= 11 is 0. The standard InChI is InChI=1S/C24H23NO7/c1-3-31-32-11-10-24(25-13(2)26)9-8-16-17(12-24)23(30)19-18(22(16)29)20(27)14-6-4-5-7-15(14)21(19)28/h3-7,29-30H,1,8-12H2,2H3,(H,25,26). The maximum Gasteiger partial charge on any atom is 0.217 e. The van der Waals surface area contributed by atoms with Gasteiger partial charge in [-0.1, -0.05) is 30.8 Å². The second kappa shape index (κ2) is 8.12. The average molecular weight is 437 g/mol. The third-order valence-electron chi connectivity index (χ3n) is 6.14. The molecule has 0 heterocycles. The molecular formula is C24H23NO7. The lowest BCUT2D eigenvalue weighted by atomic mass is 9.72. The molecule has 0 bridgehead atoms.